The fourth-order valence-corrected chi connectivity index (χ4v) is 6.47. The second-order valence-corrected chi connectivity index (χ2v) is 15.9. The highest BCUT2D eigenvalue weighted by molar-refractivity contribution is 7.47. The summed E-state index contributed by atoms with van der Waals surface area (Å²) < 4.78 is 33.3. The topological polar surface area (TPSA) is 155 Å². The quantitative estimate of drug-likeness (QED) is 0.0235. The fourth-order valence-electron chi connectivity index (χ4n) is 5.69. The third-order valence-electron chi connectivity index (χ3n) is 9.06. The van der Waals surface area contributed by atoms with Crippen LogP contribution in [0.4, 0.5) is 0 Å². The van der Waals surface area contributed by atoms with E-state index in [-0.39, 0.29) is 13.0 Å². The van der Waals surface area contributed by atoms with Crippen molar-refractivity contribution in [1.82, 2.24) is 0 Å². The first-order valence-corrected chi connectivity index (χ1v) is 23.3. The van der Waals surface area contributed by atoms with E-state index >= 15 is 0 Å². The molecule has 0 aliphatic rings. The summed E-state index contributed by atoms with van der Waals surface area (Å²) in [5.41, 5.74) is 5.35. The van der Waals surface area contributed by atoms with Crippen molar-refractivity contribution in [2.75, 3.05) is 26.4 Å². The number of rotatable bonds is 41. The maximum Gasteiger partial charge on any atom is 0.472 e. The minimum Gasteiger partial charge on any atom is -0.480 e. The van der Waals surface area contributed by atoms with E-state index in [4.69, 9.17) is 29.4 Å². The summed E-state index contributed by atoms with van der Waals surface area (Å²) in [6.07, 6.45) is 48.4. The van der Waals surface area contributed by atoms with Crippen LogP contribution in [0.1, 0.15) is 174 Å². The molecule has 4 N–H and O–H groups in total. The number of phosphoric ester groups is 1. The molecule has 0 aromatic heterocycles. The van der Waals surface area contributed by atoms with Crippen molar-refractivity contribution < 1.29 is 42.7 Å². The highest BCUT2D eigenvalue weighted by atomic mass is 31.2. The molecule has 11 heteroatoms. The van der Waals surface area contributed by atoms with Gasteiger partial charge in [0.05, 0.1) is 19.8 Å². The van der Waals surface area contributed by atoms with Crippen molar-refractivity contribution in [1.29, 1.82) is 0 Å². The van der Waals surface area contributed by atoms with Gasteiger partial charge in [0.2, 0.25) is 0 Å². The van der Waals surface area contributed by atoms with Crippen LogP contribution in [0.25, 0.3) is 0 Å². The maximum atomic E-state index is 12.6. The van der Waals surface area contributed by atoms with Gasteiger partial charge in [0.25, 0.3) is 0 Å². The number of carboxylic acids is 1. The van der Waals surface area contributed by atoms with E-state index in [1.807, 2.05) is 0 Å². The van der Waals surface area contributed by atoms with E-state index in [1.165, 1.54) is 64.2 Å². The molecule has 3 atom stereocenters. The Morgan fingerprint density at radius 1 is 0.589 bits per heavy atom. The molecule has 0 saturated heterocycles. The van der Waals surface area contributed by atoms with E-state index in [1.54, 1.807) is 0 Å². The van der Waals surface area contributed by atoms with Crippen LogP contribution >= 0.6 is 7.82 Å². The highest BCUT2D eigenvalue weighted by Crippen LogP contribution is 2.43. The molecule has 56 heavy (non-hydrogen) atoms. The number of carbonyl (C=O) groups is 2. The Morgan fingerprint density at radius 2 is 1.04 bits per heavy atom. The van der Waals surface area contributed by atoms with Gasteiger partial charge in [-0.2, -0.15) is 0 Å². The molecule has 0 amide bonds. The van der Waals surface area contributed by atoms with Gasteiger partial charge in [0.15, 0.2) is 0 Å². The molecular formula is C45H80NO9P. The Balaban J connectivity index is 4.29. The number of hydrogen-bond donors (Lipinski definition) is 3. The SMILES string of the molecule is CC/C=C\C/C=C\C/C=C\C/C=C\C/C=C\CCCCCCOCC(COP(=O)(O)OCC(N)C(=O)O)OC(=O)CCCCCCCCCCCCCCCC. The lowest BCUT2D eigenvalue weighted by molar-refractivity contribution is -0.154. The molecule has 0 rings (SSSR count). The standard InChI is InChI=1S/C45H80NO9P/c1-3-5-7-9-11-13-15-17-19-20-21-22-23-24-26-28-30-32-34-36-38-52-39-42(40-53-56(50,51)54-41-43(46)45(48)49)55-44(47)37-35-33-31-29-27-25-18-16-14-12-10-8-6-4-2/h5,7,11,13,17,19,21-22,24,26,42-43H,3-4,6,8-10,12,14-16,18,20,23,25,27-41,46H2,1-2H3,(H,48,49)(H,50,51)/b7-5-,13-11-,19-17-,22-21-,26-24-. The average molecular weight is 810 g/mol. The average Bonchev–Trinajstić information content (AvgIpc) is 3.18. The number of phosphoric acid groups is 1. The Hall–Kier alpha value is -2.33. The van der Waals surface area contributed by atoms with Crippen molar-refractivity contribution in [3.63, 3.8) is 0 Å². The van der Waals surface area contributed by atoms with Crippen LogP contribution in [0.15, 0.2) is 60.8 Å². The third kappa shape index (κ3) is 39.9. The predicted octanol–water partition coefficient (Wildman–Crippen LogP) is 12.0. The molecule has 324 valence electrons. The zero-order chi connectivity index (χ0) is 41.2. The van der Waals surface area contributed by atoms with Gasteiger partial charge < -0.3 is 25.2 Å². The molecular weight excluding hydrogens is 729 g/mol. The van der Waals surface area contributed by atoms with E-state index < -0.39 is 45.1 Å². The van der Waals surface area contributed by atoms with Gasteiger partial charge in [0, 0.05) is 13.0 Å². The second kappa shape index (κ2) is 40.9. The van der Waals surface area contributed by atoms with Crippen LogP contribution in [0, 0.1) is 0 Å². The molecule has 0 spiro atoms. The minimum absolute atomic E-state index is 0.000838. The lowest BCUT2D eigenvalue weighted by Crippen LogP contribution is -2.34. The zero-order valence-electron chi connectivity index (χ0n) is 35.2. The first-order valence-electron chi connectivity index (χ1n) is 21.8. The molecule has 10 nitrogen and oxygen atoms in total. The largest absolute Gasteiger partial charge is 0.480 e. The Morgan fingerprint density at radius 3 is 1.55 bits per heavy atom. The monoisotopic (exact) mass is 810 g/mol. The number of unbranched alkanes of at least 4 members (excludes halogenated alkanes) is 17. The summed E-state index contributed by atoms with van der Waals surface area (Å²) in [6.45, 7) is 3.70. The zero-order valence-corrected chi connectivity index (χ0v) is 36.1. The first-order chi connectivity index (χ1) is 27.2. The van der Waals surface area contributed by atoms with Crippen molar-refractivity contribution in [3.8, 4) is 0 Å². The summed E-state index contributed by atoms with van der Waals surface area (Å²) in [6, 6.07) is -1.48. The van der Waals surface area contributed by atoms with Crippen LogP contribution in [-0.4, -0.2) is 60.5 Å². The van der Waals surface area contributed by atoms with Crippen molar-refractivity contribution >= 4 is 19.8 Å². The van der Waals surface area contributed by atoms with Crippen molar-refractivity contribution in [3.05, 3.63) is 60.8 Å². The summed E-state index contributed by atoms with van der Waals surface area (Å²) in [4.78, 5) is 33.5. The van der Waals surface area contributed by atoms with Gasteiger partial charge in [-0.05, 0) is 57.8 Å². The first kappa shape index (κ1) is 53.7. The van der Waals surface area contributed by atoms with Crippen LogP contribution in [-0.2, 0) is 32.7 Å². The van der Waals surface area contributed by atoms with Crippen LogP contribution < -0.4 is 5.73 Å². The van der Waals surface area contributed by atoms with Gasteiger partial charge in [-0.25, -0.2) is 4.57 Å². The normalized spacial score (nSPS) is 14.5. The lowest BCUT2D eigenvalue weighted by atomic mass is 10.0. The number of aliphatic carboxylic acids is 1. The number of nitrogens with two attached hydrogens (primary N) is 1. The molecule has 0 aliphatic carbocycles. The number of hydrogen-bond acceptors (Lipinski definition) is 8. The Labute approximate surface area is 341 Å². The minimum atomic E-state index is -4.62. The maximum absolute atomic E-state index is 12.6. The van der Waals surface area contributed by atoms with E-state index in [2.05, 4.69) is 74.6 Å². The Bertz CT molecular complexity index is 1120. The second-order valence-electron chi connectivity index (χ2n) is 14.4. The van der Waals surface area contributed by atoms with Crippen LogP contribution in [0.2, 0.25) is 0 Å². The summed E-state index contributed by atoms with van der Waals surface area (Å²) in [5, 5.41) is 8.89. The molecule has 0 aliphatic heterocycles. The molecule has 0 aromatic rings. The lowest BCUT2D eigenvalue weighted by Gasteiger charge is -2.20. The molecule has 0 heterocycles. The van der Waals surface area contributed by atoms with E-state index in [9.17, 15) is 19.0 Å². The predicted molar refractivity (Wildman–Crippen MR) is 231 cm³/mol. The van der Waals surface area contributed by atoms with Gasteiger partial charge in [-0.1, -0.05) is 171 Å². The van der Waals surface area contributed by atoms with Crippen LogP contribution in [0.3, 0.4) is 0 Å². The summed E-state index contributed by atoms with van der Waals surface area (Å²) in [7, 11) is -4.62. The molecule has 3 unspecified atom stereocenters. The van der Waals surface area contributed by atoms with E-state index in [0.717, 1.165) is 83.5 Å². The number of carboxylic acid groups (broad SMARTS) is 1. The van der Waals surface area contributed by atoms with Gasteiger partial charge in [-0.15, -0.1) is 0 Å². The van der Waals surface area contributed by atoms with Gasteiger partial charge in [0.1, 0.15) is 12.1 Å². The third-order valence-corrected chi connectivity index (χ3v) is 10.0. The number of carbonyl (C=O) groups excluding carboxylic acids is 1. The van der Waals surface area contributed by atoms with E-state index in [0.29, 0.717) is 13.0 Å². The van der Waals surface area contributed by atoms with Crippen molar-refractivity contribution in [2.24, 2.45) is 5.73 Å². The molecule has 0 aromatic carbocycles. The number of ether oxygens (including phenoxy) is 2. The van der Waals surface area contributed by atoms with Crippen LogP contribution in [0.5, 0.6) is 0 Å². The van der Waals surface area contributed by atoms with Crippen molar-refractivity contribution in [2.45, 2.75) is 187 Å². The summed E-state index contributed by atoms with van der Waals surface area (Å²) in [5.74, 6) is -1.79. The summed E-state index contributed by atoms with van der Waals surface area (Å²) >= 11 is 0. The smallest absolute Gasteiger partial charge is 0.472 e. The number of esters is 1. The molecule has 0 bridgehead atoms. The molecule has 0 radical (unpaired) electrons. The Kier molecular flexibility index (Phi) is 39.2. The van der Waals surface area contributed by atoms with Gasteiger partial charge in [-0.3, -0.25) is 18.6 Å². The number of allylic oxidation sites excluding steroid dienone is 10. The molecule has 0 fully saturated rings. The highest BCUT2D eigenvalue weighted by Gasteiger charge is 2.27. The molecule has 0 saturated carbocycles. The fraction of sp³-hybridized carbons (Fsp3) is 0.733. The van der Waals surface area contributed by atoms with Gasteiger partial charge >= 0.3 is 19.8 Å².